The van der Waals surface area contributed by atoms with Gasteiger partial charge in [-0.15, -0.1) is 0 Å². The molecule has 2 aromatic rings. The van der Waals surface area contributed by atoms with E-state index in [0.717, 1.165) is 0 Å². The second-order valence-corrected chi connectivity index (χ2v) is 7.44. The van der Waals surface area contributed by atoms with Crippen LogP contribution >= 0.6 is 0 Å². The van der Waals surface area contributed by atoms with Crippen molar-refractivity contribution in [2.24, 2.45) is 5.11 Å². The molecule has 0 radical (unpaired) electrons. The van der Waals surface area contributed by atoms with Crippen molar-refractivity contribution >= 4 is 22.8 Å². The first-order valence-electron chi connectivity index (χ1n) is 10.3. The van der Waals surface area contributed by atoms with E-state index in [0.29, 0.717) is 28.5 Å². The molecule has 34 heavy (non-hydrogen) atoms. The Bertz CT molecular complexity index is 1500. The van der Waals surface area contributed by atoms with Crippen LogP contribution in [0.15, 0.2) is 68.9 Å². The number of rotatable bonds is 7. The van der Waals surface area contributed by atoms with Crippen LogP contribution in [0.1, 0.15) is 27.1 Å². The number of azide groups is 1. The predicted octanol–water partition coefficient (Wildman–Crippen LogP) is 4.40. The van der Waals surface area contributed by atoms with Gasteiger partial charge in [-0.25, -0.2) is 4.79 Å². The molecule has 0 unspecified atom stereocenters. The molecule has 2 aromatic carbocycles. The van der Waals surface area contributed by atoms with Crippen molar-refractivity contribution in [3.8, 4) is 28.2 Å². The fraction of sp³-hybridized carbons (Fsp3) is 0.125. The highest BCUT2D eigenvalue weighted by molar-refractivity contribution is 6.09. The molecule has 2 aliphatic rings. The summed E-state index contributed by atoms with van der Waals surface area (Å²) in [5, 5.41) is 26.4. The van der Waals surface area contributed by atoms with Crippen molar-refractivity contribution in [1.82, 2.24) is 5.32 Å². The van der Waals surface area contributed by atoms with Gasteiger partial charge in [-0.1, -0.05) is 11.2 Å². The fourth-order valence-corrected chi connectivity index (χ4v) is 3.73. The van der Waals surface area contributed by atoms with Crippen molar-refractivity contribution in [3.05, 3.63) is 86.4 Å². The molecule has 1 aliphatic heterocycles. The summed E-state index contributed by atoms with van der Waals surface area (Å²) in [6.45, 7) is 0.494. The van der Waals surface area contributed by atoms with Gasteiger partial charge in [0.15, 0.2) is 5.43 Å². The van der Waals surface area contributed by atoms with Gasteiger partial charge in [0.05, 0.1) is 5.56 Å². The third kappa shape index (κ3) is 4.38. The molecular formula is C24H18N4O6. The van der Waals surface area contributed by atoms with Gasteiger partial charge in [-0.05, 0) is 53.9 Å². The molecule has 0 spiro atoms. The number of amides is 1. The van der Waals surface area contributed by atoms with Crippen molar-refractivity contribution in [2.75, 3.05) is 13.1 Å². The van der Waals surface area contributed by atoms with Gasteiger partial charge in [0.25, 0.3) is 5.91 Å². The number of carboxylic acids is 1. The summed E-state index contributed by atoms with van der Waals surface area (Å²) in [5.41, 5.74) is 9.64. The molecule has 0 bridgehead atoms. The third-order valence-electron chi connectivity index (χ3n) is 5.24. The Morgan fingerprint density at radius 1 is 1.06 bits per heavy atom. The Morgan fingerprint density at radius 3 is 2.62 bits per heavy atom. The molecular weight excluding hydrogens is 440 g/mol. The van der Waals surface area contributed by atoms with Crippen LogP contribution in [-0.2, 0) is 0 Å². The van der Waals surface area contributed by atoms with Gasteiger partial charge < -0.3 is 19.9 Å². The number of phenols is 1. The van der Waals surface area contributed by atoms with Crippen molar-refractivity contribution in [1.29, 1.82) is 0 Å². The van der Waals surface area contributed by atoms with Crippen molar-refractivity contribution in [3.63, 3.8) is 0 Å². The average Bonchev–Trinajstić information content (AvgIpc) is 2.81. The maximum atomic E-state index is 12.5. The standard InChI is InChI=1S/C24H18N4O6/c25-28-27-9-1-8-26-23(31)13-2-5-16(19(10-13)24(32)33)22-17-6-3-14(29)11-20(17)34-21-12-15(30)4-7-18(21)22/h2-7,10-12,29H,1,8-9H2,(H,26,31)(H,32,33). The summed E-state index contributed by atoms with van der Waals surface area (Å²) in [4.78, 5) is 39.2. The monoisotopic (exact) mass is 458 g/mol. The maximum absolute atomic E-state index is 12.5. The second-order valence-electron chi connectivity index (χ2n) is 7.44. The SMILES string of the molecule is [N-]=[N+]=NCCCNC(=O)c1ccc(-c2c3ccc(=O)cc-3oc3cc(O)ccc23)c(C(=O)O)c1. The van der Waals surface area contributed by atoms with Gasteiger partial charge in [0.1, 0.15) is 17.1 Å². The summed E-state index contributed by atoms with van der Waals surface area (Å²) < 4.78 is 5.80. The van der Waals surface area contributed by atoms with Crippen LogP contribution in [-0.4, -0.2) is 35.2 Å². The second kappa shape index (κ2) is 9.35. The van der Waals surface area contributed by atoms with Gasteiger partial charge in [-0.3, -0.25) is 9.59 Å². The summed E-state index contributed by atoms with van der Waals surface area (Å²) in [6, 6.07) is 13.0. The van der Waals surface area contributed by atoms with E-state index in [1.54, 1.807) is 12.1 Å². The van der Waals surface area contributed by atoms with Crippen LogP contribution < -0.4 is 10.7 Å². The number of carboxylic acid groups (broad SMARTS) is 1. The van der Waals surface area contributed by atoms with E-state index >= 15 is 0 Å². The number of carbonyl (C=O) groups is 2. The quantitative estimate of drug-likeness (QED) is 0.122. The molecule has 0 atom stereocenters. The minimum Gasteiger partial charge on any atom is -0.508 e. The lowest BCUT2D eigenvalue weighted by Crippen LogP contribution is -2.25. The zero-order valence-electron chi connectivity index (χ0n) is 17.7. The van der Waals surface area contributed by atoms with E-state index in [9.17, 15) is 24.6 Å². The topological polar surface area (TPSA) is 166 Å². The molecule has 1 aliphatic carbocycles. The third-order valence-corrected chi connectivity index (χ3v) is 5.24. The number of benzene rings is 3. The Morgan fingerprint density at radius 2 is 1.85 bits per heavy atom. The lowest BCUT2D eigenvalue weighted by atomic mass is 9.90. The van der Waals surface area contributed by atoms with Gasteiger partial charge >= 0.3 is 5.97 Å². The first-order valence-corrected chi connectivity index (χ1v) is 10.3. The number of carbonyl (C=O) groups excluding carboxylic acids is 1. The molecule has 4 rings (SSSR count). The zero-order chi connectivity index (χ0) is 24.2. The smallest absolute Gasteiger partial charge is 0.336 e. The maximum Gasteiger partial charge on any atom is 0.336 e. The van der Waals surface area contributed by atoms with E-state index in [1.165, 1.54) is 42.5 Å². The minimum atomic E-state index is -1.24. The van der Waals surface area contributed by atoms with Crippen LogP contribution in [0.25, 0.3) is 43.9 Å². The lowest BCUT2D eigenvalue weighted by Gasteiger charge is -2.17. The van der Waals surface area contributed by atoms with Crippen molar-refractivity contribution < 1.29 is 24.2 Å². The number of phenolic OH excluding ortho intramolecular Hbond substituents is 1. The number of hydrogen-bond donors (Lipinski definition) is 3. The molecule has 10 heteroatoms. The number of nitrogens with zero attached hydrogens (tertiary/aromatic N) is 3. The summed E-state index contributed by atoms with van der Waals surface area (Å²) in [7, 11) is 0. The summed E-state index contributed by atoms with van der Waals surface area (Å²) in [5.74, 6) is -1.52. The number of aromatic hydroxyl groups is 1. The Balaban J connectivity index is 1.85. The molecule has 1 amide bonds. The normalized spacial score (nSPS) is 10.7. The van der Waals surface area contributed by atoms with E-state index in [2.05, 4.69) is 15.3 Å². The summed E-state index contributed by atoms with van der Waals surface area (Å²) in [6.07, 6.45) is 0.444. The number of aromatic carboxylic acids is 1. The Kier molecular flexibility index (Phi) is 6.16. The molecule has 1 heterocycles. The van der Waals surface area contributed by atoms with E-state index in [1.807, 2.05) is 0 Å². The highest BCUT2D eigenvalue weighted by atomic mass is 16.4. The highest BCUT2D eigenvalue weighted by Crippen LogP contribution is 2.42. The molecule has 170 valence electrons. The van der Waals surface area contributed by atoms with Crippen LogP contribution in [0.5, 0.6) is 5.75 Å². The van der Waals surface area contributed by atoms with Gasteiger partial charge in [-0.2, -0.15) is 0 Å². The molecule has 0 fully saturated rings. The fourth-order valence-electron chi connectivity index (χ4n) is 3.73. The Hall–Kier alpha value is -4.82. The highest BCUT2D eigenvalue weighted by Gasteiger charge is 2.23. The van der Waals surface area contributed by atoms with Crippen LogP contribution in [0, 0.1) is 0 Å². The van der Waals surface area contributed by atoms with Crippen molar-refractivity contribution in [2.45, 2.75) is 6.42 Å². The molecule has 3 N–H and O–H groups in total. The number of hydrogen-bond acceptors (Lipinski definition) is 6. The molecule has 10 nitrogen and oxygen atoms in total. The zero-order valence-corrected chi connectivity index (χ0v) is 17.7. The average molecular weight is 458 g/mol. The van der Waals surface area contributed by atoms with E-state index in [-0.39, 0.29) is 46.7 Å². The van der Waals surface area contributed by atoms with Crippen LogP contribution in [0.3, 0.4) is 0 Å². The molecule has 0 aromatic heterocycles. The van der Waals surface area contributed by atoms with E-state index < -0.39 is 11.9 Å². The Labute approximate surface area is 192 Å². The minimum absolute atomic E-state index is 0.0502. The predicted molar refractivity (Wildman–Crippen MR) is 124 cm³/mol. The molecule has 0 saturated heterocycles. The number of fused-ring (bicyclic) bond motifs is 2. The first kappa shape index (κ1) is 22.4. The van der Waals surface area contributed by atoms with Gasteiger partial charge in [0, 0.05) is 52.2 Å². The summed E-state index contributed by atoms with van der Waals surface area (Å²) >= 11 is 0. The number of nitrogens with one attached hydrogen (secondary N) is 1. The first-order chi connectivity index (χ1) is 16.4. The lowest BCUT2D eigenvalue weighted by molar-refractivity contribution is 0.0697. The van der Waals surface area contributed by atoms with Crippen LogP contribution in [0.4, 0.5) is 0 Å². The van der Waals surface area contributed by atoms with Gasteiger partial charge in [0.2, 0.25) is 0 Å². The molecule has 0 saturated carbocycles. The largest absolute Gasteiger partial charge is 0.508 e. The van der Waals surface area contributed by atoms with E-state index in [4.69, 9.17) is 9.95 Å². The van der Waals surface area contributed by atoms with Crippen LogP contribution in [0.2, 0.25) is 0 Å².